The summed E-state index contributed by atoms with van der Waals surface area (Å²) in [7, 11) is 1.67. The van der Waals surface area contributed by atoms with Crippen molar-refractivity contribution in [2.24, 2.45) is 0 Å². The smallest absolute Gasteiger partial charge is 0.0700 e. The first-order chi connectivity index (χ1) is 7.31. The molecule has 0 saturated carbocycles. The highest BCUT2D eigenvalue weighted by Crippen LogP contribution is 1.92. The number of unbranched alkanes of at least 4 members (excludes halogenated alkanes) is 1. The highest BCUT2D eigenvalue weighted by Gasteiger charge is 1.98. The van der Waals surface area contributed by atoms with Crippen LogP contribution in [0, 0.1) is 11.3 Å². The minimum Gasteiger partial charge on any atom is -0.382 e. The lowest BCUT2D eigenvalue weighted by Gasteiger charge is -2.09. The fourth-order valence-electron chi connectivity index (χ4n) is 1.13. The molecule has 0 aliphatic carbocycles. The van der Waals surface area contributed by atoms with Crippen LogP contribution in [0.4, 0.5) is 0 Å². The van der Waals surface area contributed by atoms with Crippen molar-refractivity contribution < 1.29 is 9.47 Å². The predicted octanol–water partition coefficient (Wildman–Crippen LogP) is 1.32. The summed E-state index contributed by atoms with van der Waals surface area (Å²) in [6.07, 6.45) is 2.71. The molecular weight excluding hydrogens is 192 g/mol. The summed E-state index contributed by atoms with van der Waals surface area (Å²) in [5.74, 6) is 0. The maximum absolute atomic E-state index is 8.44. The molecule has 0 saturated heterocycles. The van der Waals surface area contributed by atoms with Crippen molar-refractivity contribution in [3.63, 3.8) is 0 Å². The van der Waals surface area contributed by atoms with Gasteiger partial charge in [0.25, 0.3) is 0 Å². The Kier molecular flexibility index (Phi) is 11.0. The average Bonchev–Trinajstić information content (AvgIpc) is 2.22. The Morgan fingerprint density at radius 1 is 1.27 bits per heavy atom. The molecule has 0 aliphatic rings. The SMILES string of the molecule is COCCOCCCCNC(C)CC#N. The maximum atomic E-state index is 8.44. The van der Waals surface area contributed by atoms with Crippen molar-refractivity contribution in [1.29, 1.82) is 5.26 Å². The second-order valence-electron chi connectivity index (χ2n) is 3.53. The lowest BCUT2D eigenvalue weighted by atomic mass is 10.2. The molecule has 0 heterocycles. The Labute approximate surface area is 92.6 Å². The number of hydrogen-bond acceptors (Lipinski definition) is 4. The Morgan fingerprint density at radius 3 is 2.73 bits per heavy atom. The van der Waals surface area contributed by atoms with Gasteiger partial charge < -0.3 is 14.8 Å². The zero-order valence-electron chi connectivity index (χ0n) is 9.79. The van der Waals surface area contributed by atoms with E-state index in [9.17, 15) is 0 Å². The fraction of sp³-hybridized carbons (Fsp3) is 0.909. The largest absolute Gasteiger partial charge is 0.382 e. The van der Waals surface area contributed by atoms with Crippen LogP contribution in [0.5, 0.6) is 0 Å². The Balaban J connectivity index is 3.02. The molecule has 0 aromatic rings. The zero-order chi connectivity index (χ0) is 11.4. The number of hydrogen-bond donors (Lipinski definition) is 1. The van der Waals surface area contributed by atoms with Crippen LogP contribution in [-0.2, 0) is 9.47 Å². The Morgan fingerprint density at radius 2 is 2.07 bits per heavy atom. The van der Waals surface area contributed by atoms with Crippen LogP contribution >= 0.6 is 0 Å². The third-order valence-electron chi connectivity index (χ3n) is 2.04. The van der Waals surface area contributed by atoms with E-state index in [0.29, 0.717) is 25.7 Å². The number of nitrogens with zero attached hydrogens (tertiary/aromatic N) is 1. The quantitative estimate of drug-likeness (QED) is 0.557. The van der Waals surface area contributed by atoms with E-state index in [2.05, 4.69) is 11.4 Å². The number of nitrogens with one attached hydrogen (secondary N) is 1. The molecule has 0 amide bonds. The topological polar surface area (TPSA) is 54.3 Å². The molecule has 0 fully saturated rings. The van der Waals surface area contributed by atoms with Gasteiger partial charge in [-0.15, -0.1) is 0 Å². The molecule has 4 heteroatoms. The van der Waals surface area contributed by atoms with Crippen LogP contribution in [0.3, 0.4) is 0 Å². The van der Waals surface area contributed by atoms with Crippen LogP contribution in [0.25, 0.3) is 0 Å². The van der Waals surface area contributed by atoms with Gasteiger partial charge in [0, 0.05) is 19.8 Å². The molecule has 0 aromatic carbocycles. The molecule has 15 heavy (non-hydrogen) atoms. The van der Waals surface area contributed by atoms with Gasteiger partial charge in [0.2, 0.25) is 0 Å². The lowest BCUT2D eigenvalue weighted by Crippen LogP contribution is -2.26. The third kappa shape index (κ3) is 11.3. The molecule has 0 aromatic heterocycles. The standard InChI is InChI=1S/C11H22N2O2/c1-11(5-6-12)13-7-3-4-8-15-10-9-14-2/h11,13H,3-5,7-10H2,1-2H3. The molecule has 0 radical (unpaired) electrons. The first-order valence-corrected chi connectivity index (χ1v) is 5.48. The minimum atomic E-state index is 0.296. The second kappa shape index (κ2) is 11.4. The molecule has 0 bridgehead atoms. The first kappa shape index (κ1) is 14.4. The third-order valence-corrected chi connectivity index (χ3v) is 2.04. The molecule has 0 aliphatic heterocycles. The van der Waals surface area contributed by atoms with Gasteiger partial charge in [0.15, 0.2) is 0 Å². The van der Waals surface area contributed by atoms with Crippen molar-refractivity contribution >= 4 is 0 Å². The van der Waals surface area contributed by atoms with Crippen molar-refractivity contribution in [1.82, 2.24) is 5.32 Å². The summed E-state index contributed by atoms with van der Waals surface area (Å²) in [6.45, 7) is 5.11. The van der Waals surface area contributed by atoms with Crippen molar-refractivity contribution in [3.05, 3.63) is 0 Å². The Hall–Kier alpha value is -0.630. The molecule has 4 nitrogen and oxygen atoms in total. The van der Waals surface area contributed by atoms with E-state index in [1.54, 1.807) is 7.11 Å². The first-order valence-electron chi connectivity index (χ1n) is 5.48. The van der Waals surface area contributed by atoms with Gasteiger partial charge in [0.1, 0.15) is 0 Å². The van der Waals surface area contributed by atoms with Crippen molar-refractivity contribution in [3.8, 4) is 6.07 Å². The van der Waals surface area contributed by atoms with Gasteiger partial charge in [-0.3, -0.25) is 0 Å². The molecule has 1 unspecified atom stereocenters. The molecule has 1 atom stereocenters. The summed E-state index contributed by atoms with van der Waals surface area (Å²) in [5, 5.41) is 11.7. The van der Waals surface area contributed by atoms with E-state index in [1.807, 2.05) is 6.92 Å². The van der Waals surface area contributed by atoms with E-state index in [4.69, 9.17) is 14.7 Å². The van der Waals surface area contributed by atoms with Gasteiger partial charge in [-0.25, -0.2) is 0 Å². The molecular formula is C11H22N2O2. The van der Waals surface area contributed by atoms with E-state index in [-0.39, 0.29) is 0 Å². The van der Waals surface area contributed by atoms with Crippen LogP contribution in [0.15, 0.2) is 0 Å². The van der Waals surface area contributed by atoms with Gasteiger partial charge in [-0.2, -0.15) is 5.26 Å². The predicted molar refractivity (Wildman–Crippen MR) is 59.6 cm³/mol. The minimum absolute atomic E-state index is 0.296. The molecule has 88 valence electrons. The normalized spacial score (nSPS) is 12.3. The summed E-state index contributed by atoms with van der Waals surface area (Å²) < 4.78 is 10.2. The monoisotopic (exact) mass is 214 g/mol. The van der Waals surface area contributed by atoms with E-state index < -0.39 is 0 Å². The van der Waals surface area contributed by atoms with Crippen molar-refractivity contribution in [2.45, 2.75) is 32.2 Å². The van der Waals surface area contributed by atoms with Crippen LogP contribution in [0.2, 0.25) is 0 Å². The van der Waals surface area contributed by atoms with Crippen molar-refractivity contribution in [2.75, 3.05) is 33.5 Å². The molecule has 0 spiro atoms. The lowest BCUT2D eigenvalue weighted by molar-refractivity contribution is 0.0687. The molecule has 0 rings (SSSR count). The van der Waals surface area contributed by atoms with E-state index >= 15 is 0 Å². The highest BCUT2D eigenvalue weighted by atomic mass is 16.5. The van der Waals surface area contributed by atoms with Crippen LogP contribution < -0.4 is 5.32 Å². The van der Waals surface area contributed by atoms with Gasteiger partial charge in [0.05, 0.1) is 25.7 Å². The zero-order valence-corrected chi connectivity index (χ0v) is 9.79. The van der Waals surface area contributed by atoms with Gasteiger partial charge in [-0.1, -0.05) is 0 Å². The molecule has 1 N–H and O–H groups in total. The van der Waals surface area contributed by atoms with Crippen LogP contribution in [-0.4, -0.2) is 39.5 Å². The summed E-state index contributed by atoms with van der Waals surface area (Å²) in [4.78, 5) is 0. The summed E-state index contributed by atoms with van der Waals surface area (Å²) in [6, 6.07) is 2.44. The highest BCUT2D eigenvalue weighted by molar-refractivity contribution is 4.77. The Bertz CT molecular complexity index is 168. The van der Waals surface area contributed by atoms with E-state index in [1.165, 1.54) is 0 Å². The number of ether oxygens (including phenoxy) is 2. The van der Waals surface area contributed by atoms with Gasteiger partial charge >= 0.3 is 0 Å². The maximum Gasteiger partial charge on any atom is 0.0700 e. The average molecular weight is 214 g/mol. The van der Waals surface area contributed by atoms with E-state index in [0.717, 1.165) is 26.0 Å². The number of nitriles is 1. The number of methoxy groups -OCH3 is 1. The van der Waals surface area contributed by atoms with Crippen LogP contribution in [0.1, 0.15) is 26.2 Å². The van der Waals surface area contributed by atoms with Gasteiger partial charge in [-0.05, 0) is 26.3 Å². The fourth-order valence-corrected chi connectivity index (χ4v) is 1.13. The second-order valence-corrected chi connectivity index (χ2v) is 3.53. The summed E-state index contributed by atoms with van der Waals surface area (Å²) >= 11 is 0. The number of rotatable bonds is 10. The summed E-state index contributed by atoms with van der Waals surface area (Å²) in [5.41, 5.74) is 0.